The average Bonchev–Trinajstić information content (AvgIpc) is 2.11. The van der Waals surface area contributed by atoms with Crippen LogP contribution in [0.1, 0.15) is 73.6 Å². The summed E-state index contributed by atoms with van der Waals surface area (Å²) in [7, 11) is 0. The fraction of sp³-hybridized carbons (Fsp3) is 0.933. The zero-order valence-electron chi connectivity index (χ0n) is 12.8. The molecule has 0 saturated heterocycles. The van der Waals surface area contributed by atoms with Crippen LogP contribution in [0.15, 0.2) is 5.10 Å². The molecule has 0 aliphatic carbocycles. The highest BCUT2D eigenvalue weighted by atomic mass is 15.3. The van der Waals surface area contributed by atoms with Crippen LogP contribution in [-0.4, -0.2) is 12.8 Å². The fourth-order valence-corrected chi connectivity index (χ4v) is 1.62. The predicted octanol–water partition coefficient (Wildman–Crippen LogP) is 4.60. The molecular weight excluding hydrogens is 208 g/mol. The lowest BCUT2D eigenvalue weighted by Crippen LogP contribution is -2.12. The first-order valence-electron chi connectivity index (χ1n) is 6.95. The van der Waals surface area contributed by atoms with Crippen molar-refractivity contribution in [2.45, 2.75) is 73.6 Å². The summed E-state index contributed by atoms with van der Waals surface area (Å²) >= 11 is 0. The van der Waals surface area contributed by atoms with E-state index in [0.29, 0.717) is 10.8 Å². The number of hydrogen-bond acceptors (Lipinski definition) is 2. The molecule has 102 valence electrons. The molecule has 0 atom stereocenters. The van der Waals surface area contributed by atoms with E-state index < -0.39 is 0 Å². The molecule has 17 heavy (non-hydrogen) atoms. The molecule has 0 aromatic carbocycles. The van der Waals surface area contributed by atoms with Gasteiger partial charge in [0.25, 0.3) is 0 Å². The summed E-state index contributed by atoms with van der Waals surface area (Å²) in [5.74, 6) is 0. The van der Waals surface area contributed by atoms with Crippen LogP contribution in [0, 0.1) is 10.8 Å². The molecule has 0 saturated carbocycles. The molecule has 2 nitrogen and oxygen atoms in total. The van der Waals surface area contributed by atoms with Gasteiger partial charge in [0, 0.05) is 12.8 Å². The first-order chi connectivity index (χ1) is 7.71. The van der Waals surface area contributed by atoms with Crippen LogP contribution in [0.5, 0.6) is 0 Å². The maximum atomic E-state index is 4.24. The van der Waals surface area contributed by atoms with Gasteiger partial charge in [-0.3, -0.25) is 0 Å². The van der Waals surface area contributed by atoms with Crippen LogP contribution < -0.4 is 5.43 Å². The highest BCUT2D eigenvalue weighted by Gasteiger charge is 2.09. The Morgan fingerprint density at radius 2 is 1.41 bits per heavy atom. The van der Waals surface area contributed by atoms with Crippen molar-refractivity contribution in [3.05, 3.63) is 0 Å². The first-order valence-corrected chi connectivity index (χ1v) is 6.95. The molecule has 0 unspecified atom stereocenters. The largest absolute Gasteiger partial charge is 0.310 e. The molecule has 0 fully saturated rings. The van der Waals surface area contributed by atoms with Crippen LogP contribution in [-0.2, 0) is 0 Å². The van der Waals surface area contributed by atoms with Crippen LogP contribution >= 0.6 is 0 Å². The monoisotopic (exact) mass is 240 g/mol. The SMILES string of the molecule is CC(C)(C)CCC/C=N/NCCCC(C)(C)C. The normalized spacial score (nSPS) is 13.3. The molecule has 0 aromatic rings. The number of hydrazone groups is 1. The van der Waals surface area contributed by atoms with Crippen LogP contribution in [0.25, 0.3) is 0 Å². The van der Waals surface area contributed by atoms with E-state index in [2.05, 4.69) is 52.1 Å². The second kappa shape index (κ2) is 7.73. The number of hydrogen-bond donors (Lipinski definition) is 1. The molecule has 0 aliphatic rings. The van der Waals surface area contributed by atoms with Gasteiger partial charge in [0.1, 0.15) is 0 Å². The molecule has 0 rings (SSSR count). The van der Waals surface area contributed by atoms with Gasteiger partial charge in [0.15, 0.2) is 0 Å². The van der Waals surface area contributed by atoms with Gasteiger partial charge in [0.05, 0.1) is 0 Å². The summed E-state index contributed by atoms with van der Waals surface area (Å²) < 4.78 is 0. The van der Waals surface area contributed by atoms with Crippen molar-refractivity contribution in [2.75, 3.05) is 6.54 Å². The van der Waals surface area contributed by atoms with Gasteiger partial charge < -0.3 is 5.43 Å². The van der Waals surface area contributed by atoms with E-state index in [1.807, 2.05) is 6.21 Å². The van der Waals surface area contributed by atoms with E-state index in [1.165, 1.54) is 25.7 Å². The van der Waals surface area contributed by atoms with E-state index in [0.717, 1.165) is 13.0 Å². The van der Waals surface area contributed by atoms with Gasteiger partial charge >= 0.3 is 0 Å². The lowest BCUT2D eigenvalue weighted by molar-refractivity contribution is 0.362. The van der Waals surface area contributed by atoms with Crippen molar-refractivity contribution in [1.82, 2.24) is 5.43 Å². The topological polar surface area (TPSA) is 24.4 Å². The Bertz CT molecular complexity index is 206. The molecule has 2 heteroatoms. The molecule has 0 aliphatic heterocycles. The smallest absolute Gasteiger partial charge is 0.0329 e. The van der Waals surface area contributed by atoms with Gasteiger partial charge in [0.2, 0.25) is 0 Å². The number of nitrogens with one attached hydrogen (secondary N) is 1. The molecule has 1 N–H and O–H groups in total. The minimum absolute atomic E-state index is 0.443. The molecular formula is C15H32N2. The lowest BCUT2D eigenvalue weighted by Gasteiger charge is -2.17. The molecule has 0 aromatic heterocycles. The van der Waals surface area contributed by atoms with Crippen molar-refractivity contribution >= 4 is 6.21 Å². The molecule has 0 amide bonds. The van der Waals surface area contributed by atoms with Crippen molar-refractivity contribution < 1.29 is 0 Å². The first kappa shape index (κ1) is 16.5. The molecule has 0 heterocycles. The second-order valence-corrected chi connectivity index (χ2v) is 7.34. The van der Waals surface area contributed by atoms with E-state index >= 15 is 0 Å². The summed E-state index contributed by atoms with van der Waals surface area (Å²) in [5, 5.41) is 4.24. The van der Waals surface area contributed by atoms with Crippen molar-refractivity contribution in [3.8, 4) is 0 Å². The summed E-state index contributed by atoms with van der Waals surface area (Å²) in [6, 6.07) is 0. The summed E-state index contributed by atoms with van der Waals surface area (Å²) in [6.45, 7) is 14.7. The van der Waals surface area contributed by atoms with E-state index in [4.69, 9.17) is 0 Å². The minimum Gasteiger partial charge on any atom is -0.310 e. The van der Waals surface area contributed by atoms with Gasteiger partial charge in [-0.25, -0.2) is 0 Å². The van der Waals surface area contributed by atoms with E-state index in [9.17, 15) is 0 Å². The van der Waals surface area contributed by atoms with Crippen molar-refractivity contribution in [3.63, 3.8) is 0 Å². The third-order valence-electron chi connectivity index (χ3n) is 2.66. The number of rotatable bonds is 7. The maximum absolute atomic E-state index is 4.24. The lowest BCUT2D eigenvalue weighted by atomic mass is 9.90. The highest BCUT2D eigenvalue weighted by molar-refractivity contribution is 5.56. The third-order valence-corrected chi connectivity index (χ3v) is 2.66. The average molecular weight is 240 g/mol. The van der Waals surface area contributed by atoms with Gasteiger partial charge in [-0.15, -0.1) is 0 Å². The summed E-state index contributed by atoms with van der Waals surface area (Å²) in [6.07, 6.45) is 8.05. The van der Waals surface area contributed by atoms with Gasteiger partial charge in [-0.2, -0.15) is 5.10 Å². The third kappa shape index (κ3) is 15.5. The highest BCUT2D eigenvalue weighted by Crippen LogP contribution is 2.21. The van der Waals surface area contributed by atoms with Crippen LogP contribution in [0.2, 0.25) is 0 Å². The number of nitrogens with zero attached hydrogens (tertiary/aromatic N) is 1. The standard InChI is InChI=1S/C15H32N2/c1-14(2,3)10-7-8-12-16-17-13-9-11-15(4,5)6/h12,17H,7-11,13H2,1-6H3/b16-12+. The second-order valence-electron chi connectivity index (χ2n) is 7.34. The van der Waals surface area contributed by atoms with Crippen LogP contribution in [0.3, 0.4) is 0 Å². The Labute approximate surface area is 108 Å². The maximum Gasteiger partial charge on any atom is 0.0329 e. The Hall–Kier alpha value is -0.530. The Morgan fingerprint density at radius 3 is 1.94 bits per heavy atom. The van der Waals surface area contributed by atoms with Crippen molar-refractivity contribution in [2.24, 2.45) is 15.9 Å². The predicted molar refractivity (Wildman–Crippen MR) is 78.5 cm³/mol. The van der Waals surface area contributed by atoms with Crippen molar-refractivity contribution in [1.29, 1.82) is 0 Å². The van der Waals surface area contributed by atoms with E-state index in [-0.39, 0.29) is 0 Å². The Morgan fingerprint density at radius 1 is 0.882 bits per heavy atom. The summed E-state index contributed by atoms with van der Waals surface area (Å²) in [4.78, 5) is 0. The number of unbranched alkanes of at least 4 members (excludes halogenated alkanes) is 1. The Kier molecular flexibility index (Phi) is 7.49. The molecule has 0 bridgehead atoms. The zero-order chi connectivity index (χ0) is 13.4. The zero-order valence-corrected chi connectivity index (χ0v) is 12.8. The minimum atomic E-state index is 0.443. The van der Waals surface area contributed by atoms with E-state index in [1.54, 1.807) is 0 Å². The quantitative estimate of drug-likeness (QED) is 0.392. The Balaban J connectivity index is 3.32. The fourth-order valence-electron chi connectivity index (χ4n) is 1.62. The molecule has 0 radical (unpaired) electrons. The van der Waals surface area contributed by atoms with Crippen LogP contribution in [0.4, 0.5) is 0 Å². The molecule has 0 spiro atoms. The van der Waals surface area contributed by atoms with Gasteiger partial charge in [-0.05, 0) is 42.9 Å². The van der Waals surface area contributed by atoms with Gasteiger partial charge in [-0.1, -0.05) is 41.5 Å². The summed E-state index contributed by atoms with van der Waals surface area (Å²) in [5.41, 5.74) is 4.02.